The second-order valence-electron chi connectivity index (χ2n) is 2.97. The maximum Gasteiger partial charge on any atom is 0.189 e. The number of ketones is 1. The van der Waals surface area contributed by atoms with Crippen LogP contribution in [0.15, 0.2) is 0 Å². The monoisotopic (exact) mass is 142 g/mol. The Morgan fingerprint density at radius 1 is 1.50 bits per heavy atom. The van der Waals surface area contributed by atoms with E-state index in [0.717, 1.165) is 0 Å². The maximum atomic E-state index is 11.0. The molecule has 3 unspecified atom stereocenters. The summed E-state index contributed by atoms with van der Waals surface area (Å²) in [5.74, 6) is 0.491. The number of ether oxygens (including phenoxy) is 2. The van der Waals surface area contributed by atoms with Gasteiger partial charge in [-0.3, -0.25) is 4.79 Å². The van der Waals surface area contributed by atoms with E-state index < -0.39 is 0 Å². The molecule has 0 aromatic heterocycles. The van der Waals surface area contributed by atoms with Crippen molar-refractivity contribution in [2.45, 2.75) is 19.1 Å². The number of Topliss-reactive ketones (excluding diaryl/α,β-unsaturated/α-hetero) is 1. The summed E-state index contributed by atoms with van der Waals surface area (Å²) in [4.78, 5) is 11.0. The summed E-state index contributed by atoms with van der Waals surface area (Å²) < 4.78 is 10.5. The number of hydrogen-bond donors (Lipinski definition) is 0. The third kappa shape index (κ3) is 0.707. The Morgan fingerprint density at radius 3 is 3.00 bits per heavy atom. The van der Waals surface area contributed by atoms with Crippen molar-refractivity contribution in [2.24, 2.45) is 5.92 Å². The van der Waals surface area contributed by atoms with Gasteiger partial charge in [0, 0.05) is 5.92 Å². The van der Waals surface area contributed by atoms with E-state index in [1.807, 2.05) is 6.92 Å². The SMILES string of the molecule is CC1COC2C(=O)COC12. The predicted molar refractivity (Wildman–Crippen MR) is 33.7 cm³/mol. The Morgan fingerprint density at radius 2 is 2.30 bits per heavy atom. The largest absolute Gasteiger partial charge is 0.367 e. The van der Waals surface area contributed by atoms with Gasteiger partial charge in [-0.1, -0.05) is 6.92 Å². The molecule has 0 radical (unpaired) electrons. The lowest BCUT2D eigenvalue weighted by atomic mass is 10.0. The normalized spacial score (nSPS) is 46.1. The summed E-state index contributed by atoms with van der Waals surface area (Å²) >= 11 is 0. The van der Waals surface area contributed by atoms with Crippen molar-refractivity contribution >= 4 is 5.78 Å². The quantitative estimate of drug-likeness (QED) is 0.477. The molecule has 3 heteroatoms. The topological polar surface area (TPSA) is 35.5 Å². The lowest BCUT2D eigenvalue weighted by molar-refractivity contribution is -0.125. The molecule has 0 amide bonds. The Hall–Kier alpha value is -0.410. The number of hydrogen-bond acceptors (Lipinski definition) is 3. The Bertz CT molecular complexity index is 166. The van der Waals surface area contributed by atoms with Crippen molar-refractivity contribution in [3.05, 3.63) is 0 Å². The minimum Gasteiger partial charge on any atom is -0.367 e. The molecule has 0 aliphatic carbocycles. The number of rotatable bonds is 0. The van der Waals surface area contributed by atoms with Crippen LogP contribution in [0, 0.1) is 5.92 Å². The third-order valence-electron chi connectivity index (χ3n) is 2.13. The fourth-order valence-electron chi connectivity index (χ4n) is 1.53. The zero-order chi connectivity index (χ0) is 7.14. The van der Waals surface area contributed by atoms with Gasteiger partial charge in [0.1, 0.15) is 12.7 Å². The molecule has 56 valence electrons. The smallest absolute Gasteiger partial charge is 0.189 e. The Balaban J connectivity index is 2.16. The van der Waals surface area contributed by atoms with Crippen LogP contribution in [0.4, 0.5) is 0 Å². The first-order valence-electron chi connectivity index (χ1n) is 3.55. The van der Waals surface area contributed by atoms with Gasteiger partial charge in [0.2, 0.25) is 0 Å². The van der Waals surface area contributed by atoms with E-state index in [2.05, 4.69) is 0 Å². The summed E-state index contributed by atoms with van der Waals surface area (Å²) in [5, 5.41) is 0. The van der Waals surface area contributed by atoms with Crippen molar-refractivity contribution in [3.8, 4) is 0 Å². The average Bonchev–Trinajstić information content (AvgIpc) is 2.41. The van der Waals surface area contributed by atoms with E-state index in [1.165, 1.54) is 0 Å². The summed E-state index contributed by atoms with van der Waals surface area (Å²) in [7, 11) is 0. The molecule has 2 saturated heterocycles. The molecule has 0 bridgehead atoms. The summed E-state index contributed by atoms with van der Waals surface area (Å²) in [6, 6.07) is 0. The predicted octanol–water partition coefficient (Wildman–Crippen LogP) is -0.0108. The Kier molecular flexibility index (Phi) is 1.28. The number of carbonyl (C=O) groups excluding carboxylic acids is 1. The maximum absolute atomic E-state index is 11.0. The number of carbonyl (C=O) groups is 1. The van der Waals surface area contributed by atoms with Crippen LogP contribution in [0.25, 0.3) is 0 Å². The van der Waals surface area contributed by atoms with Crippen LogP contribution in [0.3, 0.4) is 0 Å². The minimum absolute atomic E-state index is 0.0486. The van der Waals surface area contributed by atoms with Gasteiger partial charge >= 0.3 is 0 Å². The van der Waals surface area contributed by atoms with Gasteiger partial charge in [-0.2, -0.15) is 0 Å². The highest BCUT2D eigenvalue weighted by Gasteiger charge is 2.44. The average molecular weight is 142 g/mol. The van der Waals surface area contributed by atoms with E-state index in [9.17, 15) is 4.79 Å². The highest BCUT2D eigenvalue weighted by atomic mass is 16.6. The lowest BCUT2D eigenvalue weighted by Gasteiger charge is -2.07. The van der Waals surface area contributed by atoms with Crippen LogP contribution < -0.4 is 0 Å². The molecule has 0 aromatic rings. The summed E-state index contributed by atoms with van der Waals surface area (Å²) in [6.07, 6.45) is -0.192. The number of fused-ring (bicyclic) bond motifs is 1. The lowest BCUT2D eigenvalue weighted by Crippen LogP contribution is -2.24. The highest BCUT2D eigenvalue weighted by molar-refractivity contribution is 5.87. The second kappa shape index (κ2) is 2.04. The van der Waals surface area contributed by atoms with Gasteiger partial charge in [-0.05, 0) is 0 Å². The van der Waals surface area contributed by atoms with Crippen LogP contribution in [-0.4, -0.2) is 31.2 Å². The molecule has 0 N–H and O–H groups in total. The standard InChI is InChI=1S/C7H10O3/c1-4-2-9-7-5(8)3-10-6(4)7/h4,6-7H,2-3H2,1H3. The first-order chi connectivity index (χ1) is 4.79. The molecule has 2 rings (SSSR count). The van der Waals surface area contributed by atoms with Crippen LogP contribution in [0.2, 0.25) is 0 Å². The minimum atomic E-state index is -0.241. The van der Waals surface area contributed by atoms with Crippen molar-refractivity contribution in [2.75, 3.05) is 13.2 Å². The summed E-state index contributed by atoms with van der Waals surface area (Å²) in [6.45, 7) is 2.96. The van der Waals surface area contributed by atoms with Gasteiger partial charge in [0.25, 0.3) is 0 Å². The van der Waals surface area contributed by atoms with Crippen LogP contribution >= 0.6 is 0 Å². The fraction of sp³-hybridized carbons (Fsp3) is 0.857. The molecule has 2 fully saturated rings. The highest BCUT2D eigenvalue weighted by Crippen LogP contribution is 2.27. The molecule has 3 atom stereocenters. The van der Waals surface area contributed by atoms with Crippen LogP contribution in [0.1, 0.15) is 6.92 Å². The van der Waals surface area contributed by atoms with E-state index in [4.69, 9.17) is 9.47 Å². The van der Waals surface area contributed by atoms with Gasteiger partial charge in [-0.25, -0.2) is 0 Å². The zero-order valence-electron chi connectivity index (χ0n) is 5.87. The molecule has 2 aliphatic rings. The zero-order valence-corrected chi connectivity index (χ0v) is 5.87. The van der Waals surface area contributed by atoms with Gasteiger partial charge < -0.3 is 9.47 Å². The van der Waals surface area contributed by atoms with Gasteiger partial charge in [0.05, 0.1) is 12.7 Å². The van der Waals surface area contributed by atoms with E-state index in [1.54, 1.807) is 0 Å². The molecule has 10 heavy (non-hydrogen) atoms. The molecule has 3 nitrogen and oxygen atoms in total. The van der Waals surface area contributed by atoms with E-state index in [-0.39, 0.29) is 24.6 Å². The first kappa shape index (κ1) is 6.31. The third-order valence-corrected chi connectivity index (χ3v) is 2.13. The molecular weight excluding hydrogens is 132 g/mol. The Labute approximate surface area is 59.3 Å². The second-order valence-corrected chi connectivity index (χ2v) is 2.97. The molecule has 2 heterocycles. The fourth-order valence-corrected chi connectivity index (χ4v) is 1.53. The van der Waals surface area contributed by atoms with Crippen molar-refractivity contribution in [3.63, 3.8) is 0 Å². The molecule has 0 spiro atoms. The van der Waals surface area contributed by atoms with Crippen LogP contribution in [0.5, 0.6) is 0 Å². The van der Waals surface area contributed by atoms with E-state index >= 15 is 0 Å². The van der Waals surface area contributed by atoms with Crippen LogP contribution in [-0.2, 0) is 14.3 Å². The van der Waals surface area contributed by atoms with Gasteiger partial charge in [-0.15, -0.1) is 0 Å². The van der Waals surface area contributed by atoms with Crippen molar-refractivity contribution < 1.29 is 14.3 Å². The molecule has 0 saturated carbocycles. The first-order valence-corrected chi connectivity index (χ1v) is 3.55. The van der Waals surface area contributed by atoms with Crippen molar-refractivity contribution in [1.29, 1.82) is 0 Å². The van der Waals surface area contributed by atoms with Gasteiger partial charge in [0.15, 0.2) is 5.78 Å². The summed E-state index contributed by atoms with van der Waals surface area (Å²) in [5.41, 5.74) is 0. The molecule has 2 aliphatic heterocycles. The molecular formula is C7H10O3. The molecule has 0 aromatic carbocycles. The van der Waals surface area contributed by atoms with Crippen molar-refractivity contribution in [1.82, 2.24) is 0 Å². The van der Waals surface area contributed by atoms with E-state index in [0.29, 0.717) is 12.5 Å².